The number of aromatic nitrogens is 3. The molecule has 6 nitrogen and oxygen atoms in total. The van der Waals surface area contributed by atoms with Crippen LogP contribution < -0.4 is 10.1 Å². The van der Waals surface area contributed by atoms with Gasteiger partial charge in [-0.3, -0.25) is 4.79 Å². The fraction of sp³-hybridized carbons (Fsp3) is 0.235. The maximum Gasteiger partial charge on any atom is 0.271 e. The Labute approximate surface area is 154 Å². The molecule has 0 spiro atoms. The SMILES string of the molecule is COc1ccc(-n2cc([C@H](C)NC(=O)c3csc(SC)n3)cn2)cc1. The summed E-state index contributed by atoms with van der Waals surface area (Å²) < 4.78 is 7.81. The third-order valence-electron chi connectivity index (χ3n) is 3.68. The number of amides is 1. The Bertz CT molecular complexity index is 858. The predicted octanol–water partition coefficient (Wildman–Crippen LogP) is 3.55. The van der Waals surface area contributed by atoms with Crippen molar-refractivity contribution in [3.63, 3.8) is 0 Å². The Kier molecular flexibility index (Phi) is 5.40. The van der Waals surface area contributed by atoms with Gasteiger partial charge < -0.3 is 10.1 Å². The first kappa shape index (κ1) is 17.5. The van der Waals surface area contributed by atoms with Crippen molar-refractivity contribution in [2.24, 2.45) is 0 Å². The number of methoxy groups -OCH3 is 1. The molecule has 25 heavy (non-hydrogen) atoms. The lowest BCUT2D eigenvalue weighted by Gasteiger charge is -2.10. The van der Waals surface area contributed by atoms with Gasteiger partial charge in [-0.15, -0.1) is 11.3 Å². The van der Waals surface area contributed by atoms with Gasteiger partial charge in [-0.05, 0) is 37.4 Å². The molecule has 0 bridgehead atoms. The van der Waals surface area contributed by atoms with E-state index in [2.05, 4.69) is 15.4 Å². The van der Waals surface area contributed by atoms with Gasteiger partial charge in [-0.1, -0.05) is 11.8 Å². The van der Waals surface area contributed by atoms with E-state index in [4.69, 9.17) is 4.74 Å². The van der Waals surface area contributed by atoms with Crippen LogP contribution in [0.1, 0.15) is 29.0 Å². The molecule has 0 saturated heterocycles. The second-order valence-electron chi connectivity index (χ2n) is 5.31. The summed E-state index contributed by atoms with van der Waals surface area (Å²) in [5, 5.41) is 9.10. The number of hydrogen-bond donors (Lipinski definition) is 1. The maximum atomic E-state index is 12.3. The Morgan fingerprint density at radius 3 is 2.76 bits per heavy atom. The molecule has 8 heteroatoms. The maximum absolute atomic E-state index is 12.3. The highest BCUT2D eigenvalue weighted by atomic mass is 32.2. The van der Waals surface area contributed by atoms with Crippen LogP contribution in [-0.4, -0.2) is 34.0 Å². The highest BCUT2D eigenvalue weighted by Gasteiger charge is 2.16. The second kappa shape index (κ2) is 7.71. The van der Waals surface area contributed by atoms with Gasteiger partial charge >= 0.3 is 0 Å². The van der Waals surface area contributed by atoms with Crippen LogP contribution in [0.15, 0.2) is 46.4 Å². The van der Waals surface area contributed by atoms with E-state index in [1.165, 1.54) is 23.1 Å². The average Bonchev–Trinajstić information content (AvgIpc) is 3.31. The van der Waals surface area contributed by atoms with Crippen LogP contribution >= 0.6 is 23.1 Å². The molecule has 0 radical (unpaired) electrons. The van der Waals surface area contributed by atoms with E-state index in [9.17, 15) is 4.79 Å². The van der Waals surface area contributed by atoms with E-state index in [0.717, 1.165) is 21.3 Å². The quantitative estimate of drug-likeness (QED) is 0.668. The van der Waals surface area contributed by atoms with Crippen LogP contribution in [0, 0.1) is 0 Å². The summed E-state index contributed by atoms with van der Waals surface area (Å²) in [6.07, 6.45) is 5.60. The summed E-state index contributed by atoms with van der Waals surface area (Å²) >= 11 is 3.00. The topological polar surface area (TPSA) is 69.0 Å². The lowest BCUT2D eigenvalue weighted by Crippen LogP contribution is -2.26. The summed E-state index contributed by atoms with van der Waals surface area (Å²) in [6.45, 7) is 1.93. The first-order valence-electron chi connectivity index (χ1n) is 7.60. The van der Waals surface area contributed by atoms with Crippen LogP contribution in [0.2, 0.25) is 0 Å². The Balaban J connectivity index is 1.69. The lowest BCUT2D eigenvalue weighted by molar-refractivity contribution is 0.0935. The van der Waals surface area contributed by atoms with E-state index in [0.29, 0.717) is 5.69 Å². The minimum atomic E-state index is -0.179. The first-order chi connectivity index (χ1) is 12.1. The van der Waals surface area contributed by atoms with Gasteiger partial charge in [-0.2, -0.15) is 5.10 Å². The van der Waals surface area contributed by atoms with E-state index in [1.807, 2.05) is 43.6 Å². The Morgan fingerprint density at radius 2 is 2.12 bits per heavy atom. The Hall–Kier alpha value is -2.32. The van der Waals surface area contributed by atoms with E-state index in [1.54, 1.807) is 23.4 Å². The second-order valence-corrected chi connectivity index (χ2v) is 7.23. The van der Waals surface area contributed by atoms with Crippen LogP contribution in [0.3, 0.4) is 0 Å². The number of ether oxygens (including phenoxy) is 1. The van der Waals surface area contributed by atoms with Crippen molar-refractivity contribution in [1.82, 2.24) is 20.1 Å². The molecule has 0 aliphatic heterocycles. The molecule has 3 rings (SSSR count). The minimum absolute atomic E-state index is 0.168. The summed E-state index contributed by atoms with van der Waals surface area (Å²) in [4.78, 5) is 16.6. The van der Waals surface area contributed by atoms with Crippen molar-refractivity contribution in [3.8, 4) is 11.4 Å². The first-order valence-corrected chi connectivity index (χ1v) is 9.70. The number of carbonyl (C=O) groups is 1. The number of thiazole rings is 1. The van der Waals surface area contributed by atoms with Gasteiger partial charge in [0.05, 0.1) is 25.0 Å². The molecular weight excluding hydrogens is 356 g/mol. The number of rotatable bonds is 6. The summed E-state index contributed by atoms with van der Waals surface area (Å²) in [7, 11) is 1.63. The fourth-order valence-electron chi connectivity index (χ4n) is 2.25. The smallest absolute Gasteiger partial charge is 0.271 e. The fourth-order valence-corrected chi connectivity index (χ4v) is 3.49. The van der Waals surface area contributed by atoms with Crippen molar-refractivity contribution < 1.29 is 9.53 Å². The average molecular weight is 374 g/mol. The molecule has 2 aromatic heterocycles. The van der Waals surface area contributed by atoms with Gasteiger partial charge in [0.2, 0.25) is 0 Å². The van der Waals surface area contributed by atoms with E-state index < -0.39 is 0 Å². The van der Waals surface area contributed by atoms with Crippen LogP contribution in [0.5, 0.6) is 5.75 Å². The van der Waals surface area contributed by atoms with Gasteiger partial charge in [0.15, 0.2) is 0 Å². The van der Waals surface area contributed by atoms with E-state index >= 15 is 0 Å². The van der Waals surface area contributed by atoms with Gasteiger partial charge in [0.25, 0.3) is 5.91 Å². The number of benzene rings is 1. The van der Waals surface area contributed by atoms with Gasteiger partial charge in [0.1, 0.15) is 15.8 Å². The number of nitrogens with one attached hydrogen (secondary N) is 1. The van der Waals surface area contributed by atoms with Crippen LogP contribution in [-0.2, 0) is 0 Å². The molecule has 0 aliphatic carbocycles. The number of nitrogens with zero attached hydrogens (tertiary/aromatic N) is 3. The van der Waals surface area contributed by atoms with Crippen molar-refractivity contribution in [1.29, 1.82) is 0 Å². The molecule has 0 fully saturated rings. The molecular formula is C17H18N4O2S2. The van der Waals surface area contributed by atoms with E-state index in [-0.39, 0.29) is 11.9 Å². The summed E-state index contributed by atoms with van der Waals surface area (Å²) in [6, 6.07) is 7.45. The molecule has 0 saturated carbocycles. The normalized spacial score (nSPS) is 12.0. The van der Waals surface area contributed by atoms with Gasteiger partial charge in [0, 0.05) is 17.1 Å². The van der Waals surface area contributed by atoms with Crippen molar-refractivity contribution in [2.75, 3.05) is 13.4 Å². The van der Waals surface area contributed by atoms with Crippen LogP contribution in [0.4, 0.5) is 0 Å². The monoisotopic (exact) mass is 374 g/mol. The zero-order valence-corrected chi connectivity index (χ0v) is 15.7. The lowest BCUT2D eigenvalue weighted by atomic mass is 10.2. The third-order valence-corrected chi connectivity index (χ3v) is 5.54. The van der Waals surface area contributed by atoms with Crippen LogP contribution in [0.25, 0.3) is 5.69 Å². The molecule has 0 aliphatic rings. The summed E-state index contributed by atoms with van der Waals surface area (Å²) in [5.74, 6) is 0.617. The van der Waals surface area contributed by atoms with Crippen molar-refractivity contribution >= 4 is 29.0 Å². The zero-order chi connectivity index (χ0) is 17.8. The zero-order valence-electron chi connectivity index (χ0n) is 14.1. The molecule has 1 N–H and O–H groups in total. The highest BCUT2D eigenvalue weighted by Crippen LogP contribution is 2.21. The largest absolute Gasteiger partial charge is 0.497 e. The van der Waals surface area contributed by atoms with Crippen molar-refractivity contribution in [3.05, 3.63) is 53.3 Å². The molecule has 1 aromatic carbocycles. The standard InChI is InChI=1S/C17H18N4O2S2/c1-11(19-16(22)15-10-25-17(20-15)24-3)12-8-18-21(9-12)13-4-6-14(23-2)7-5-13/h4-11H,1-3H3,(H,19,22)/t11-/m0/s1. The molecule has 2 heterocycles. The molecule has 0 unspecified atom stereocenters. The third kappa shape index (κ3) is 4.02. The minimum Gasteiger partial charge on any atom is -0.497 e. The Morgan fingerprint density at radius 1 is 1.36 bits per heavy atom. The molecule has 3 aromatic rings. The molecule has 1 amide bonds. The number of thioether (sulfide) groups is 1. The summed E-state index contributed by atoms with van der Waals surface area (Å²) in [5.41, 5.74) is 2.29. The molecule has 130 valence electrons. The number of carbonyl (C=O) groups excluding carboxylic acids is 1. The predicted molar refractivity (Wildman–Crippen MR) is 99.9 cm³/mol. The number of hydrogen-bond acceptors (Lipinski definition) is 6. The highest BCUT2D eigenvalue weighted by molar-refractivity contribution is 8.00. The molecule has 1 atom stereocenters. The van der Waals surface area contributed by atoms with Crippen molar-refractivity contribution in [2.45, 2.75) is 17.3 Å². The van der Waals surface area contributed by atoms with Gasteiger partial charge in [-0.25, -0.2) is 9.67 Å².